The van der Waals surface area contributed by atoms with Gasteiger partial charge in [0.05, 0.1) is 0 Å². The maximum absolute atomic E-state index is 10.6. The third-order valence-electron chi connectivity index (χ3n) is 1.14. The molecule has 3 heteroatoms. The minimum absolute atomic E-state index is 0.216. The number of hydrogen-bond acceptors (Lipinski definition) is 2. The summed E-state index contributed by atoms with van der Waals surface area (Å²) in [5.41, 5.74) is 0.494. The molecule has 0 fully saturated rings. The Hall–Kier alpha value is -1.38. The third kappa shape index (κ3) is 8.53. The fourth-order valence-corrected chi connectivity index (χ4v) is 0.459. The summed E-state index contributed by atoms with van der Waals surface area (Å²) in [7, 11) is 1.53. The van der Waals surface area contributed by atoms with Gasteiger partial charge in [-0.1, -0.05) is 19.9 Å². The molecule has 0 bridgehead atoms. The Morgan fingerprint density at radius 2 is 1.77 bits per heavy atom. The van der Waals surface area contributed by atoms with E-state index >= 15 is 0 Å². The van der Waals surface area contributed by atoms with Gasteiger partial charge >= 0.3 is 0 Å². The van der Waals surface area contributed by atoms with E-state index in [-0.39, 0.29) is 5.91 Å². The van der Waals surface area contributed by atoms with Crippen LogP contribution in [0.1, 0.15) is 20.8 Å². The molecule has 0 aliphatic rings. The third-order valence-corrected chi connectivity index (χ3v) is 1.14. The summed E-state index contributed by atoms with van der Waals surface area (Å²) in [6, 6.07) is 0. The van der Waals surface area contributed by atoms with Gasteiger partial charge in [-0.05, 0) is 13.0 Å². The number of hydrogen-bond donors (Lipinski definition) is 1. The molecule has 3 nitrogen and oxygen atoms in total. The number of carbonyl (C=O) groups is 2. The Morgan fingerprint density at radius 1 is 1.23 bits per heavy atom. The molecule has 0 aromatic rings. The summed E-state index contributed by atoms with van der Waals surface area (Å²) < 4.78 is 0. The molecule has 1 N–H and O–H groups in total. The summed E-state index contributed by atoms with van der Waals surface area (Å²) in [4.78, 5) is 20.8. The number of amides is 1. The molecule has 74 valence electrons. The van der Waals surface area contributed by atoms with Gasteiger partial charge in [0.15, 0.2) is 0 Å². The molecule has 13 heavy (non-hydrogen) atoms. The lowest BCUT2D eigenvalue weighted by atomic mass is 10.2. The summed E-state index contributed by atoms with van der Waals surface area (Å²) >= 11 is 0. The minimum atomic E-state index is -0.216. The fraction of sp³-hybridized carbons (Fsp3) is 0.400. The van der Waals surface area contributed by atoms with Crippen molar-refractivity contribution in [3.63, 3.8) is 0 Å². The number of likely N-dealkylation sites (N-methyl/N-ethyl adjacent to an activating group) is 1. The molecule has 0 aliphatic carbocycles. The average Bonchev–Trinajstić information content (AvgIpc) is 2.22. The molecule has 0 atom stereocenters. The molecule has 0 unspecified atom stereocenters. The zero-order chi connectivity index (χ0) is 10.7. The second kappa shape index (κ2) is 10.6. The highest BCUT2D eigenvalue weighted by atomic mass is 16.1. The first-order valence-corrected chi connectivity index (χ1v) is 4.26. The highest BCUT2D eigenvalue weighted by molar-refractivity contribution is 5.89. The van der Waals surface area contributed by atoms with E-state index < -0.39 is 0 Å². The molecule has 0 heterocycles. The van der Waals surface area contributed by atoms with Crippen LogP contribution in [0, 0.1) is 0 Å². The predicted octanol–water partition coefficient (Wildman–Crippen LogP) is 1.46. The fourth-order valence-electron chi connectivity index (χ4n) is 0.459. The molecule has 0 saturated carbocycles. The standard InChI is InChI=1S/C8H11NO2.C2H6/c1-3-7(6-10)4-5-8(11)9-2;1-2/h3-6H,1-2H3,(H,9,11);1-2H3/b5-4-,7-3+;. The van der Waals surface area contributed by atoms with Crippen molar-refractivity contribution in [3.05, 3.63) is 23.8 Å². The molecule has 0 spiro atoms. The van der Waals surface area contributed by atoms with Gasteiger partial charge in [-0.25, -0.2) is 0 Å². The van der Waals surface area contributed by atoms with Crippen molar-refractivity contribution in [3.8, 4) is 0 Å². The summed E-state index contributed by atoms with van der Waals surface area (Å²) in [6.07, 6.45) is 5.10. The largest absolute Gasteiger partial charge is 0.356 e. The van der Waals surface area contributed by atoms with Crippen LogP contribution >= 0.6 is 0 Å². The minimum Gasteiger partial charge on any atom is -0.356 e. The Balaban J connectivity index is 0. The first-order valence-electron chi connectivity index (χ1n) is 4.26. The topological polar surface area (TPSA) is 46.2 Å². The predicted molar refractivity (Wildman–Crippen MR) is 54.4 cm³/mol. The van der Waals surface area contributed by atoms with E-state index in [9.17, 15) is 9.59 Å². The van der Waals surface area contributed by atoms with Crippen LogP contribution in [0.25, 0.3) is 0 Å². The van der Waals surface area contributed by atoms with E-state index in [1.165, 1.54) is 19.2 Å². The Kier molecular flexibility index (Phi) is 11.6. The van der Waals surface area contributed by atoms with Gasteiger partial charge in [-0.2, -0.15) is 0 Å². The van der Waals surface area contributed by atoms with Gasteiger partial charge in [0, 0.05) is 18.7 Å². The van der Waals surface area contributed by atoms with Crippen molar-refractivity contribution in [1.82, 2.24) is 5.32 Å². The van der Waals surface area contributed by atoms with Crippen LogP contribution in [0.5, 0.6) is 0 Å². The number of aldehydes is 1. The lowest BCUT2D eigenvalue weighted by molar-refractivity contribution is -0.116. The number of carbonyl (C=O) groups excluding carboxylic acids is 2. The number of allylic oxidation sites excluding steroid dienone is 3. The van der Waals surface area contributed by atoms with Crippen molar-refractivity contribution >= 4 is 12.2 Å². The van der Waals surface area contributed by atoms with Gasteiger partial charge in [-0.3, -0.25) is 9.59 Å². The quantitative estimate of drug-likeness (QED) is 0.409. The van der Waals surface area contributed by atoms with E-state index in [0.29, 0.717) is 11.9 Å². The van der Waals surface area contributed by atoms with Crippen LogP contribution in [0.15, 0.2) is 23.8 Å². The van der Waals surface area contributed by atoms with E-state index in [1.54, 1.807) is 13.0 Å². The van der Waals surface area contributed by atoms with Crippen molar-refractivity contribution in [1.29, 1.82) is 0 Å². The smallest absolute Gasteiger partial charge is 0.243 e. The number of rotatable bonds is 3. The van der Waals surface area contributed by atoms with Crippen LogP contribution in [0.2, 0.25) is 0 Å². The molecule has 1 amide bonds. The zero-order valence-electron chi connectivity index (χ0n) is 8.63. The first kappa shape index (κ1) is 14.2. The summed E-state index contributed by atoms with van der Waals surface area (Å²) in [5, 5.41) is 2.40. The van der Waals surface area contributed by atoms with Crippen molar-refractivity contribution in [2.24, 2.45) is 0 Å². The highest BCUT2D eigenvalue weighted by Crippen LogP contribution is 1.90. The van der Waals surface area contributed by atoms with Gasteiger partial charge in [0.2, 0.25) is 5.91 Å². The Labute approximate surface area is 79.5 Å². The van der Waals surface area contributed by atoms with Crippen LogP contribution < -0.4 is 5.32 Å². The summed E-state index contributed by atoms with van der Waals surface area (Å²) in [6.45, 7) is 5.73. The van der Waals surface area contributed by atoms with Gasteiger partial charge < -0.3 is 5.32 Å². The van der Waals surface area contributed by atoms with Crippen LogP contribution in [-0.4, -0.2) is 19.2 Å². The molecule has 0 saturated heterocycles. The second-order valence-corrected chi connectivity index (χ2v) is 1.85. The lowest BCUT2D eigenvalue weighted by Crippen LogP contribution is -2.14. The molecule has 0 radical (unpaired) electrons. The maximum Gasteiger partial charge on any atom is 0.243 e. The normalized spacial score (nSPS) is 10.3. The van der Waals surface area contributed by atoms with Crippen molar-refractivity contribution in [2.45, 2.75) is 20.8 Å². The average molecular weight is 183 g/mol. The van der Waals surface area contributed by atoms with Gasteiger partial charge in [0.25, 0.3) is 0 Å². The van der Waals surface area contributed by atoms with Crippen LogP contribution in [-0.2, 0) is 9.59 Å². The van der Waals surface area contributed by atoms with E-state index in [0.717, 1.165) is 0 Å². The Morgan fingerprint density at radius 3 is 2.08 bits per heavy atom. The molecule has 0 aromatic heterocycles. The van der Waals surface area contributed by atoms with Crippen molar-refractivity contribution < 1.29 is 9.59 Å². The molecule has 0 rings (SSSR count). The van der Waals surface area contributed by atoms with Crippen LogP contribution in [0.3, 0.4) is 0 Å². The van der Waals surface area contributed by atoms with E-state index in [2.05, 4.69) is 5.32 Å². The Bertz CT molecular complexity index is 205. The van der Waals surface area contributed by atoms with Crippen molar-refractivity contribution in [2.75, 3.05) is 7.05 Å². The molecule has 0 aromatic carbocycles. The maximum atomic E-state index is 10.6. The monoisotopic (exact) mass is 183 g/mol. The van der Waals surface area contributed by atoms with E-state index in [1.807, 2.05) is 13.8 Å². The first-order chi connectivity index (χ1) is 6.24. The summed E-state index contributed by atoms with van der Waals surface area (Å²) in [5.74, 6) is -0.216. The zero-order valence-corrected chi connectivity index (χ0v) is 8.63. The lowest BCUT2D eigenvalue weighted by Gasteiger charge is -1.88. The van der Waals surface area contributed by atoms with E-state index in [4.69, 9.17) is 0 Å². The highest BCUT2D eigenvalue weighted by Gasteiger charge is 1.89. The molecular weight excluding hydrogens is 166 g/mol. The number of nitrogens with one attached hydrogen (secondary N) is 1. The SMILES string of the molecule is C/C=C(C=O)\C=C/C(=O)NC.CC. The molecule has 0 aliphatic heterocycles. The van der Waals surface area contributed by atoms with Crippen LogP contribution in [0.4, 0.5) is 0 Å². The molecular formula is C10H17NO2. The second-order valence-electron chi connectivity index (χ2n) is 1.85. The van der Waals surface area contributed by atoms with Gasteiger partial charge in [-0.15, -0.1) is 0 Å². The van der Waals surface area contributed by atoms with Gasteiger partial charge in [0.1, 0.15) is 6.29 Å².